The standard InChI is InChI=1S/C33H34ClFN8O3/c1-4-32(44)39-23-6-5-7-25(17-23)43(33(45)36-20-22-8-10-27(35)26(34)16-22)31-19-30(37-21-38-31)40-28-11-9-24(18-29(28)46-3)42-14-12-41(2)13-15-42/h4-11,16-19,21H,1,12-15,20H2,2-3H3,(H,36,45)(H,39,44)(H,37,38,40). The van der Waals surface area contributed by atoms with Gasteiger partial charge in [-0.25, -0.2) is 24.1 Å². The Morgan fingerprint density at radius 1 is 1.07 bits per heavy atom. The molecule has 0 saturated carbocycles. The molecular formula is C33H34ClFN8O3. The third kappa shape index (κ3) is 7.89. The highest BCUT2D eigenvalue weighted by atomic mass is 35.5. The van der Waals surface area contributed by atoms with E-state index in [0.29, 0.717) is 34.2 Å². The minimum absolute atomic E-state index is 0.0484. The Morgan fingerprint density at radius 2 is 1.87 bits per heavy atom. The quantitative estimate of drug-likeness (QED) is 0.182. The van der Waals surface area contributed by atoms with E-state index in [1.807, 2.05) is 18.2 Å². The van der Waals surface area contributed by atoms with Gasteiger partial charge in [0.2, 0.25) is 5.91 Å². The average molecular weight is 645 g/mol. The number of rotatable bonds is 10. The summed E-state index contributed by atoms with van der Waals surface area (Å²) in [7, 11) is 3.73. The fourth-order valence-electron chi connectivity index (χ4n) is 4.90. The summed E-state index contributed by atoms with van der Waals surface area (Å²) in [6.45, 7) is 7.36. The predicted molar refractivity (Wildman–Crippen MR) is 179 cm³/mol. The van der Waals surface area contributed by atoms with Crippen molar-refractivity contribution in [3.8, 4) is 5.75 Å². The number of halogens is 2. The molecule has 238 valence electrons. The van der Waals surface area contributed by atoms with Crippen LogP contribution in [0.25, 0.3) is 0 Å². The molecule has 0 radical (unpaired) electrons. The third-order valence-corrected chi connectivity index (χ3v) is 7.68. The molecule has 1 fully saturated rings. The summed E-state index contributed by atoms with van der Waals surface area (Å²) in [6, 6.07) is 18.0. The van der Waals surface area contributed by atoms with Gasteiger partial charge in [0.25, 0.3) is 0 Å². The second-order valence-electron chi connectivity index (χ2n) is 10.5. The number of nitrogens with zero attached hydrogens (tertiary/aromatic N) is 5. The van der Waals surface area contributed by atoms with Gasteiger partial charge >= 0.3 is 6.03 Å². The summed E-state index contributed by atoms with van der Waals surface area (Å²) in [5.41, 5.74) is 3.21. The maximum absolute atomic E-state index is 13.7. The first-order valence-corrected chi connectivity index (χ1v) is 14.9. The van der Waals surface area contributed by atoms with Crippen LogP contribution in [0, 0.1) is 5.82 Å². The number of nitrogens with one attached hydrogen (secondary N) is 3. The van der Waals surface area contributed by atoms with Gasteiger partial charge in [0.1, 0.15) is 29.5 Å². The Labute approximate surface area is 271 Å². The molecule has 13 heteroatoms. The van der Waals surface area contributed by atoms with Crippen LogP contribution < -0.4 is 30.5 Å². The van der Waals surface area contributed by atoms with Crippen LogP contribution in [0.4, 0.5) is 43.6 Å². The molecular weight excluding hydrogens is 611 g/mol. The molecule has 0 aliphatic carbocycles. The van der Waals surface area contributed by atoms with Crippen molar-refractivity contribution in [1.82, 2.24) is 20.2 Å². The van der Waals surface area contributed by atoms with E-state index in [0.717, 1.165) is 37.9 Å². The molecule has 0 atom stereocenters. The number of piperazine rings is 1. The second-order valence-corrected chi connectivity index (χ2v) is 11.0. The molecule has 5 rings (SSSR count). The fraction of sp³-hybridized carbons (Fsp3) is 0.212. The van der Waals surface area contributed by atoms with Crippen LogP contribution in [0.15, 0.2) is 85.7 Å². The summed E-state index contributed by atoms with van der Waals surface area (Å²) in [4.78, 5) is 40.4. The van der Waals surface area contributed by atoms with E-state index in [1.54, 1.807) is 37.4 Å². The van der Waals surface area contributed by atoms with Crippen molar-refractivity contribution < 1.29 is 18.7 Å². The Balaban J connectivity index is 1.42. The Morgan fingerprint density at radius 3 is 2.61 bits per heavy atom. The third-order valence-electron chi connectivity index (χ3n) is 7.39. The van der Waals surface area contributed by atoms with E-state index in [1.165, 1.54) is 29.4 Å². The summed E-state index contributed by atoms with van der Waals surface area (Å²) >= 11 is 5.94. The molecule has 11 nitrogen and oxygen atoms in total. The molecule has 0 spiro atoms. The van der Waals surface area contributed by atoms with Crippen LogP contribution >= 0.6 is 11.6 Å². The molecule has 3 aromatic carbocycles. The van der Waals surface area contributed by atoms with Gasteiger partial charge in [-0.1, -0.05) is 30.3 Å². The van der Waals surface area contributed by atoms with E-state index in [-0.39, 0.29) is 17.4 Å². The number of benzene rings is 3. The van der Waals surface area contributed by atoms with Crippen molar-refractivity contribution in [1.29, 1.82) is 0 Å². The zero-order chi connectivity index (χ0) is 32.6. The van der Waals surface area contributed by atoms with E-state index in [4.69, 9.17) is 16.3 Å². The Hall–Kier alpha value is -5.20. The summed E-state index contributed by atoms with van der Waals surface area (Å²) in [6.07, 6.45) is 2.49. The number of anilines is 6. The number of hydrogen-bond acceptors (Lipinski definition) is 8. The van der Waals surface area contributed by atoms with Gasteiger partial charge in [-0.3, -0.25) is 4.79 Å². The SMILES string of the molecule is C=CC(=O)Nc1cccc(N(C(=O)NCc2ccc(F)c(Cl)c2)c2cc(Nc3ccc(N4CCN(C)CC4)cc3OC)ncn2)c1. The molecule has 4 aromatic rings. The number of carbonyl (C=O) groups excluding carboxylic acids is 2. The zero-order valence-corrected chi connectivity index (χ0v) is 26.2. The lowest BCUT2D eigenvalue weighted by Crippen LogP contribution is -2.44. The number of likely N-dealkylation sites (N-methyl/N-ethyl adjacent to an activating group) is 1. The van der Waals surface area contributed by atoms with E-state index >= 15 is 0 Å². The maximum atomic E-state index is 13.7. The van der Waals surface area contributed by atoms with Crippen molar-refractivity contribution in [3.05, 3.63) is 102 Å². The van der Waals surface area contributed by atoms with Crippen molar-refractivity contribution in [3.63, 3.8) is 0 Å². The molecule has 3 amide bonds. The van der Waals surface area contributed by atoms with Crippen molar-refractivity contribution in [2.75, 3.05) is 60.8 Å². The second kappa shape index (κ2) is 14.7. The molecule has 1 aromatic heterocycles. The lowest BCUT2D eigenvalue weighted by Gasteiger charge is -2.34. The van der Waals surface area contributed by atoms with Crippen LogP contribution in [0.1, 0.15) is 5.56 Å². The predicted octanol–water partition coefficient (Wildman–Crippen LogP) is 5.95. The van der Waals surface area contributed by atoms with Gasteiger partial charge in [0.15, 0.2) is 0 Å². The molecule has 46 heavy (non-hydrogen) atoms. The van der Waals surface area contributed by atoms with Gasteiger partial charge in [0.05, 0.1) is 23.5 Å². The van der Waals surface area contributed by atoms with Gasteiger partial charge in [-0.15, -0.1) is 0 Å². The summed E-state index contributed by atoms with van der Waals surface area (Å²) < 4.78 is 19.4. The summed E-state index contributed by atoms with van der Waals surface area (Å²) in [5.74, 6) is 0.336. The minimum atomic E-state index is -0.552. The van der Waals surface area contributed by atoms with E-state index in [2.05, 4.69) is 49.3 Å². The zero-order valence-electron chi connectivity index (χ0n) is 25.5. The Bertz CT molecular complexity index is 1730. The monoisotopic (exact) mass is 644 g/mol. The van der Waals surface area contributed by atoms with Gasteiger partial charge in [0, 0.05) is 56.2 Å². The lowest BCUT2D eigenvalue weighted by molar-refractivity contribution is -0.111. The molecule has 1 aliphatic heterocycles. The fourth-order valence-corrected chi connectivity index (χ4v) is 5.10. The molecule has 1 aliphatic rings. The number of methoxy groups -OCH3 is 1. The molecule has 3 N–H and O–H groups in total. The van der Waals surface area contributed by atoms with Crippen LogP contribution in [0.2, 0.25) is 5.02 Å². The van der Waals surface area contributed by atoms with Crippen LogP contribution in [0.5, 0.6) is 5.75 Å². The number of carbonyl (C=O) groups is 2. The van der Waals surface area contributed by atoms with Crippen molar-refractivity contribution in [2.45, 2.75) is 6.54 Å². The van der Waals surface area contributed by atoms with Crippen molar-refractivity contribution in [2.24, 2.45) is 0 Å². The highest BCUT2D eigenvalue weighted by Gasteiger charge is 2.22. The number of ether oxygens (including phenoxy) is 1. The number of aromatic nitrogens is 2. The highest BCUT2D eigenvalue weighted by molar-refractivity contribution is 6.30. The number of hydrogen-bond donors (Lipinski definition) is 3. The molecule has 0 unspecified atom stereocenters. The van der Waals surface area contributed by atoms with Gasteiger partial charge in [-0.2, -0.15) is 0 Å². The summed E-state index contributed by atoms with van der Waals surface area (Å²) in [5, 5.41) is 8.77. The van der Waals surface area contributed by atoms with Crippen molar-refractivity contribution >= 4 is 57.9 Å². The lowest BCUT2D eigenvalue weighted by atomic mass is 10.2. The average Bonchev–Trinajstić information content (AvgIpc) is 3.06. The molecule has 2 heterocycles. The topological polar surface area (TPSA) is 115 Å². The number of amides is 3. The van der Waals surface area contributed by atoms with Crippen LogP contribution in [0.3, 0.4) is 0 Å². The molecule has 0 bridgehead atoms. The first-order chi connectivity index (χ1) is 22.2. The largest absolute Gasteiger partial charge is 0.494 e. The van der Waals surface area contributed by atoms with Crippen LogP contribution in [-0.2, 0) is 11.3 Å². The van der Waals surface area contributed by atoms with Gasteiger partial charge < -0.3 is 30.5 Å². The Kier molecular flexibility index (Phi) is 10.3. The van der Waals surface area contributed by atoms with Gasteiger partial charge in [-0.05, 0) is 61.2 Å². The number of urea groups is 1. The highest BCUT2D eigenvalue weighted by Crippen LogP contribution is 2.34. The van der Waals surface area contributed by atoms with E-state index in [9.17, 15) is 14.0 Å². The first-order valence-electron chi connectivity index (χ1n) is 14.5. The first kappa shape index (κ1) is 32.2. The normalized spacial score (nSPS) is 13.1. The molecule has 1 saturated heterocycles. The smallest absolute Gasteiger partial charge is 0.327 e. The maximum Gasteiger partial charge on any atom is 0.327 e. The van der Waals surface area contributed by atoms with E-state index < -0.39 is 17.8 Å². The minimum Gasteiger partial charge on any atom is -0.494 e. The van der Waals surface area contributed by atoms with Crippen LogP contribution in [-0.4, -0.2) is 67.1 Å².